The zero-order valence-corrected chi connectivity index (χ0v) is 10.4. The summed E-state index contributed by atoms with van der Waals surface area (Å²) in [5.41, 5.74) is 1.31. The number of halogens is 1. The van der Waals surface area contributed by atoms with Crippen LogP contribution in [0, 0.1) is 0 Å². The minimum Gasteiger partial charge on any atom is -0.364 e. The van der Waals surface area contributed by atoms with Crippen LogP contribution in [0.1, 0.15) is 0 Å². The molecule has 0 atom stereocenters. The zero-order valence-electron chi connectivity index (χ0n) is 8.86. The Morgan fingerprint density at radius 2 is 1.56 bits per heavy atom. The molecule has 2 aromatic rings. The van der Waals surface area contributed by atoms with Crippen LogP contribution >= 0.6 is 15.9 Å². The van der Waals surface area contributed by atoms with Gasteiger partial charge in [0.25, 0.3) is 0 Å². The van der Waals surface area contributed by atoms with Crippen LogP contribution in [0.25, 0.3) is 10.8 Å². The molecule has 0 bridgehead atoms. The van der Waals surface area contributed by atoms with Crippen LogP contribution in [0.5, 0.6) is 0 Å². The highest BCUT2D eigenvalue weighted by atomic mass is 79.9. The van der Waals surface area contributed by atoms with Crippen molar-refractivity contribution < 1.29 is 0 Å². The number of hydrogen-bond donors (Lipinski definition) is 0. The molecule has 1 heterocycles. The van der Waals surface area contributed by atoms with Gasteiger partial charge in [-0.2, -0.15) is 0 Å². The molecule has 0 radical (unpaired) electrons. The van der Waals surface area contributed by atoms with Crippen LogP contribution in [-0.4, -0.2) is 13.1 Å². The monoisotopic (exact) mass is 273 g/mol. The molecule has 0 N–H and O–H groups in total. The van der Waals surface area contributed by atoms with Crippen molar-refractivity contribution in [2.75, 3.05) is 18.0 Å². The smallest absolute Gasteiger partial charge is 0.0378 e. The van der Waals surface area contributed by atoms with Crippen molar-refractivity contribution in [3.8, 4) is 0 Å². The highest BCUT2D eigenvalue weighted by molar-refractivity contribution is 9.10. The van der Waals surface area contributed by atoms with Gasteiger partial charge in [-0.15, -0.1) is 0 Å². The van der Waals surface area contributed by atoms with Crippen LogP contribution in [0.3, 0.4) is 0 Å². The van der Waals surface area contributed by atoms with Gasteiger partial charge in [-0.25, -0.2) is 0 Å². The summed E-state index contributed by atoms with van der Waals surface area (Å²) in [6.07, 6.45) is 4.43. The molecule has 2 heteroatoms. The second-order valence-corrected chi connectivity index (χ2v) is 4.97. The number of nitrogens with zero attached hydrogens (tertiary/aromatic N) is 1. The summed E-state index contributed by atoms with van der Waals surface area (Å²) in [5.74, 6) is 0. The van der Waals surface area contributed by atoms with Crippen molar-refractivity contribution in [3.63, 3.8) is 0 Å². The Morgan fingerprint density at radius 1 is 0.875 bits per heavy atom. The lowest BCUT2D eigenvalue weighted by Gasteiger charge is -2.18. The van der Waals surface area contributed by atoms with E-state index in [9.17, 15) is 0 Å². The first kappa shape index (κ1) is 9.91. The highest BCUT2D eigenvalue weighted by Gasteiger charge is 2.07. The van der Waals surface area contributed by atoms with Gasteiger partial charge in [0, 0.05) is 23.2 Å². The molecule has 1 nitrogen and oxygen atoms in total. The maximum atomic E-state index is 3.50. The Hall–Kier alpha value is -1.28. The summed E-state index contributed by atoms with van der Waals surface area (Å²) in [7, 11) is 0. The van der Waals surface area contributed by atoms with E-state index >= 15 is 0 Å². The molecule has 0 saturated heterocycles. The first-order valence-electron chi connectivity index (χ1n) is 5.42. The van der Waals surface area contributed by atoms with E-state index in [0.717, 1.165) is 17.6 Å². The average Bonchev–Trinajstić information content (AvgIpc) is 2.82. The summed E-state index contributed by atoms with van der Waals surface area (Å²) in [4.78, 5) is 2.36. The number of fused-ring (bicyclic) bond motifs is 1. The molecule has 80 valence electrons. The molecule has 0 aliphatic carbocycles. The summed E-state index contributed by atoms with van der Waals surface area (Å²) in [6, 6.07) is 13.0. The highest BCUT2D eigenvalue weighted by Crippen LogP contribution is 2.25. The fraction of sp³-hybridized carbons (Fsp3) is 0.143. The lowest BCUT2D eigenvalue weighted by molar-refractivity contribution is 1.01. The van der Waals surface area contributed by atoms with Crippen molar-refractivity contribution in [2.45, 2.75) is 0 Å². The van der Waals surface area contributed by atoms with Crippen molar-refractivity contribution in [1.82, 2.24) is 0 Å². The van der Waals surface area contributed by atoms with Crippen molar-refractivity contribution >= 4 is 32.4 Å². The molecule has 0 unspecified atom stereocenters. The number of hydrogen-bond acceptors (Lipinski definition) is 1. The second kappa shape index (κ2) is 3.95. The van der Waals surface area contributed by atoms with Gasteiger partial charge in [0.15, 0.2) is 0 Å². The summed E-state index contributed by atoms with van der Waals surface area (Å²) in [6.45, 7) is 2.06. The predicted octanol–water partition coefficient (Wildman–Crippen LogP) is 3.98. The molecule has 0 amide bonds. The van der Waals surface area contributed by atoms with Gasteiger partial charge in [-0.3, -0.25) is 0 Å². The molecule has 0 spiro atoms. The maximum Gasteiger partial charge on any atom is 0.0378 e. The van der Waals surface area contributed by atoms with Crippen LogP contribution in [0.4, 0.5) is 5.69 Å². The van der Waals surface area contributed by atoms with Gasteiger partial charge in [0.1, 0.15) is 0 Å². The predicted molar refractivity (Wildman–Crippen MR) is 73.0 cm³/mol. The lowest BCUT2D eigenvalue weighted by Crippen LogP contribution is -2.18. The fourth-order valence-corrected chi connectivity index (χ4v) is 2.47. The molecule has 16 heavy (non-hydrogen) atoms. The Balaban J connectivity index is 2.05. The van der Waals surface area contributed by atoms with Crippen molar-refractivity contribution in [2.24, 2.45) is 0 Å². The third kappa shape index (κ3) is 1.74. The van der Waals surface area contributed by atoms with E-state index in [-0.39, 0.29) is 0 Å². The Morgan fingerprint density at radius 3 is 2.38 bits per heavy atom. The molecular formula is C14H12BrN. The van der Waals surface area contributed by atoms with Gasteiger partial charge < -0.3 is 4.90 Å². The minimum absolute atomic E-state index is 1.03. The van der Waals surface area contributed by atoms with Gasteiger partial charge in [-0.05, 0) is 35.0 Å². The van der Waals surface area contributed by atoms with E-state index in [1.165, 1.54) is 16.5 Å². The SMILES string of the molecule is Brc1ccc2cc(N3CC=CC3)ccc2c1. The Labute approximate surface area is 104 Å². The van der Waals surface area contributed by atoms with Crippen molar-refractivity contribution in [1.29, 1.82) is 0 Å². The molecule has 0 fully saturated rings. The van der Waals surface area contributed by atoms with E-state index in [4.69, 9.17) is 0 Å². The molecule has 2 aromatic carbocycles. The first-order valence-corrected chi connectivity index (χ1v) is 6.21. The summed E-state index contributed by atoms with van der Waals surface area (Å²) >= 11 is 3.50. The summed E-state index contributed by atoms with van der Waals surface area (Å²) < 4.78 is 1.13. The van der Waals surface area contributed by atoms with Crippen LogP contribution < -0.4 is 4.90 Å². The van der Waals surface area contributed by atoms with Gasteiger partial charge >= 0.3 is 0 Å². The quantitative estimate of drug-likeness (QED) is 0.711. The van der Waals surface area contributed by atoms with Crippen molar-refractivity contribution in [3.05, 3.63) is 53.0 Å². The third-order valence-electron chi connectivity index (χ3n) is 2.97. The zero-order chi connectivity index (χ0) is 11.0. The number of benzene rings is 2. The Kier molecular flexibility index (Phi) is 2.44. The Bertz CT molecular complexity index is 552. The summed E-state index contributed by atoms with van der Waals surface area (Å²) in [5, 5.41) is 2.58. The molecular weight excluding hydrogens is 262 g/mol. The number of anilines is 1. The van der Waals surface area contributed by atoms with E-state index in [0.29, 0.717) is 0 Å². The first-order chi connectivity index (χ1) is 7.83. The fourth-order valence-electron chi connectivity index (χ4n) is 2.09. The maximum absolute atomic E-state index is 3.50. The van der Waals surface area contributed by atoms with Gasteiger partial charge in [-0.1, -0.05) is 40.2 Å². The largest absolute Gasteiger partial charge is 0.364 e. The van der Waals surface area contributed by atoms with E-state index < -0.39 is 0 Å². The van der Waals surface area contributed by atoms with Crippen LogP contribution in [0.15, 0.2) is 53.0 Å². The average molecular weight is 274 g/mol. The van der Waals surface area contributed by atoms with E-state index in [2.05, 4.69) is 69.4 Å². The third-order valence-corrected chi connectivity index (χ3v) is 3.46. The minimum atomic E-state index is 1.03. The number of rotatable bonds is 1. The van der Waals surface area contributed by atoms with Gasteiger partial charge in [0.05, 0.1) is 0 Å². The standard InChI is InChI=1S/C14H12BrN/c15-13-5-3-12-10-14(6-4-11(12)9-13)16-7-1-2-8-16/h1-6,9-10H,7-8H2. The molecule has 0 aromatic heterocycles. The lowest BCUT2D eigenvalue weighted by atomic mass is 10.1. The van der Waals surface area contributed by atoms with Gasteiger partial charge in [0.2, 0.25) is 0 Å². The molecule has 3 rings (SSSR count). The van der Waals surface area contributed by atoms with E-state index in [1.807, 2.05) is 0 Å². The molecule has 1 aliphatic rings. The normalized spacial score (nSPS) is 14.9. The van der Waals surface area contributed by atoms with Crippen LogP contribution in [0.2, 0.25) is 0 Å². The second-order valence-electron chi connectivity index (χ2n) is 4.05. The van der Waals surface area contributed by atoms with E-state index in [1.54, 1.807) is 0 Å². The topological polar surface area (TPSA) is 3.24 Å². The molecule has 1 aliphatic heterocycles. The van der Waals surface area contributed by atoms with Crippen LogP contribution in [-0.2, 0) is 0 Å². The molecule has 0 saturated carbocycles.